The number of ether oxygens (including phenoxy) is 1. The molecule has 0 heterocycles. The highest BCUT2D eigenvalue weighted by Crippen LogP contribution is 2.19. The molecule has 2 atom stereocenters. The third kappa shape index (κ3) is 7.49. The van der Waals surface area contributed by atoms with Crippen LogP contribution in [0, 0.1) is 0 Å². The van der Waals surface area contributed by atoms with Crippen molar-refractivity contribution in [2.45, 2.75) is 30.4 Å². The first-order valence-electron chi connectivity index (χ1n) is 10.7. The highest BCUT2D eigenvalue weighted by molar-refractivity contribution is 7.89. The SMILES string of the molecule is CC(OC(=O)CC(NC(=O)c1ccccc1)c1ccccc1)C(=O)Nc1ccc(S(N)(=O)=O)cc1. The number of nitrogens with two attached hydrogens (primary N) is 1. The Kier molecular flexibility index (Phi) is 8.34. The van der Waals surface area contributed by atoms with Gasteiger partial charge in [0.2, 0.25) is 10.0 Å². The second kappa shape index (κ2) is 11.4. The van der Waals surface area contributed by atoms with Gasteiger partial charge in [0.25, 0.3) is 11.8 Å². The Labute approximate surface area is 203 Å². The average molecular weight is 496 g/mol. The Bertz CT molecular complexity index is 1280. The first-order valence-corrected chi connectivity index (χ1v) is 12.2. The van der Waals surface area contributed by atoms with Crippen LogP contribution in [-0.4, -0.2) is 32.3 Å². The minimum absolute atomic E-state index is 0.0977. The highest BCUT2D eigenvalue weighted by Gasteiger charge is 2.24. The third-order valence-corrected chi connectivity index (χ3v) is 5.97. The van der Waals surface area contributed by atoms with E-state index in [1.165, 1.54) is 31.2 Å². The van der Waals surface area contributed by atoms with Crippen LogP contribution in [0.1, 0.15) is 35.3 Å². The van der Waals surface area contributed by atoms with E-state index in [9.17, 15) is 22.8 Å². The molecule has 4 N–H and O–H groups in total. The van der Waals surface area contributed by atoms with E-state index in [0.29, 0.717) is 16.8 Å². The summed E-state index contributed by atoms with van der Waals surface area (Å²) >= 11 is 0. The lowest BCUT2D eigenvalue weighted by molar-refractivity contribution is -0.153. The fourth-order valence-electron chi connectivity index (χ4n) is 3.21. The Morgan fingerprint density at radius 1 is 0.886 bits per heavy atom. The van der Waals surface area contributed by atoms with Gasteiger partial charge in [-0.05, 0) is 48.9 Å². The Balaban J connectivity index is 1.62. The average Bonchev–Trinajstić information content (AvgIpc) is 2.84. The molecule has 0 saturated heterocycles. The molecule has 0 saturated carbocycles. The fourth-order valence-corrected chi connectivity index (χ4v) is 3.72. The van der Waals surface area contributed by atoms with E-state index in [0.717, 1.165) is 0 Å². The quantitative estimate of drug-likeness (QED) is 0.389. The Morgan fingerprint density at radius 3 is 2.03 bits per heavy atom. The third-order valence-electron chi connectivity index (χ3n) is 5.04. The number of primary sulfonamides is 1. The smallest absolute Gasteiger partial charge is 0.309 e. The lowest BCUT2D eigenvalue weighted by Gasteiger charge is -2.20. The standard InChI is InChI=1S/C25H25N3O6S/c1-17(24(30)27-20-12-14-21(15-13-20)35(26,32)33)34-23(29)16-22(18-8-4-2-5-9-18)28-25(31)19-10-6-3-7-11-19/h2-15,17,22H,16H2,1H3,(H,27,30)(H,28,31)(H2,26,32,33). The molecular formula is C25H25N3O6S. The maximum atomic E-state index is 12.7. The van der Waals surface area contributed by atoms with Gasteiger partial charge in [0.15, 0.2) is 6.10 Å². The zero-order chi connectivity index (χ0) is 25.4. The van der Waals surface area contributed by atoms with Crippen LogP contribution in [0.4, 0.5) is 5.69 Å². The number of anilines is 1. The van der Waals surface area contributed by atoms with Gasteiger partial charge in [-0.25, -0.2) is 13.6 Å². The summed E-state index contributed by atoms with van der Waals surface area (Å²) in [6.45, 7) is 1.41. The molecule has 2 amide bonds. The van der Waals surface area contributed by atoms with E-state index < -0.39 is 34.0 Å². The van der Waals surface area contributed by atoms with Gasteiger partial charge in [-0.2, -0.15) is 0 Å². The van der Waals surface area contributed by atoms with Crippen molar-refractivity contribution in [1.82, 2.24) is 5.32 Å². The van der Waals surface area contributed by atoms with Gasteiger partial charge in [0.05, 0.1) is 17.4 Å². The van der Waals surface area contributed by atoms with E-state index in [1.54, 1.807) is 54.6 Å². The number of hydrogen-bond donors (Lipinski definition) is 3. The summed E-state index contributed by atoms with van der Waals surface area (Å²) in [5.41, 5.74) is 1.46. The van der Waals surface area contributed by atoms with Crippen LogP contribution in [0.5, 0.6) is 0 Å². The summed E-state index contributed by atoms with van der Waals surface area (Å²) in [6.07, 6.45) is -1.33. The van der Waals surface area contributed by atoms with Crippen LogP contribution < -0.4 is 15.8 Å². The van der Waals surface area contributed by atoms with Crippen molar-refractivity contribution < 1.29 is 27.5 Å². The molecule has 3 aromatic rings. The maximum Gasteiger partial charge on any atom is 0.309 e. The number of hydrogen-bond acceptors (Lipinski definition) is 6. The summed E-state index contributed by atoms with van der Waals surface area (Å²) < 4.78 is 28.0. The molecule has 0 fully saturated rings. The number of amides is 2. The summed E-state index contributed by atoms with van der Waals surface area (Å²) in [6, 6.07) is 22.1. The molecule has 0 radical (unpaired) electrons. The molecule has 0 aromatic heterocycles. The maximum absolute atomic E-state index is 12.7. The van der Waals surface area contributed by atoms with Gasteiger partial charge in [-0.1, -0.05) is 48.5 Å². The summed E-state index contributed by atoms with van der Waals surface area (Å²) in [4.78, 5) is 37.6. The van der Waals surface area contributed by atoms with Gasteiger partial charge >= 0.3 is 5.97 Å². The van der Waals surface area contributed by atoms with Crippen LogP contribution in [0.25, 0.3) is 0 Å². The molecule has 182 valence electrons. The predicted octanol–water partition coefficient (Wildman–Crippen LogP) is 2.77. The Morgan fingerprint density at radius 2 is 1.46 bits per heavy atom. The number of benzene rings is 3. The second-order valence-electron chi connectivity index (χ2n) is 7.70. The van der Waals surface area contributed by atoms with Crippen molar-refractivity contribution in [1.29, 1.82) is 0 Å². The Hall–Kier alpha value is -4.02. The molecule has 0 aliphatic heterocycles. The van der Waals surface area contributed by atoms with E-state index in [2.05, 4.69) is 10.6 Å². The number of sulfonamides is 1. The molecule has 0 aliphatic carbocycles. The van der Waals surface area contributed by atoms with Crippen LogP contribution in [0.3, 0.4) is 0 Å². The van der Waals surface area contributed by atoms with Crippen molar-refractivity contribution in [3.05, 3.63) is 96.1 Å². The summed E-state index contributed by atoms with van der Waals surface area (Å²) in [5.74, 6) is -1.63. The minimum Gasteiger partial charge on any atom is -0.452 e. The summed E-state index contributed by atoms with van der Waals surface area (Å²) in [5, 5.41) is 10.4. The largest absolute Gasteiger partial charge is 0.452 e. The molecule has 0 aliphatic rings. The molecule has 9 nitrogen and oxygen atoms in total. The van der Waals surface area contributed by atoms with Crippen molar-refractivity contribution in [3.8, 4) is 0 Å². The number of carbonyl (C=O) groups is 3. The molecule has 0 bridgehead atoms. The lowest BCUT2D eigenvalue weighted by atomic mass is 10.0. The van der Waals surface area contributed by atoms with E-state index in [-0.39, 0.29) is 17.2 Å². The van der Waals surface area contributed by atoms with Crippen molar-refractivity contribution >= 4 is 33.5 Å². The second-order valence-corrected chi connectivity index (χ2v) is 9.26. The summed E-state index contributed by atoms with van der Waals surface area (Å²) in [7, 11) is -3.85. The van der Waals surface area contributed by atoms with Crippen molar-refractivity contribution in [2.75, 3.05) is 5.32 Å². The number of esters is 1. The van der Waals surface area contributed by atoms with Crippen molar-refractivity contribution in [2.24, 2.45) is 5.14 Å². The molecule has 10 heteroatoms. The normalized spacial score (nSPS) is 12.7. The van der Waals surface area contributed by atoms with E-state index >= 15 is 0 Å². The molecule has 0 spiro atoms. The first-order chi connectivity index (χ1) is 16.6. The van der Waals surface area contributed by atoms with Gasteiger partial charge in [-0.3, -0.25) is 14.4 Å². The fraction of sp³-hybridized carbons (Fsp3) is 0.160. The lowest BCUT2D eigenvalue weighted by Crippen LogP contribution is -2.33. The van der Waals surface area contributed by atoms with Gasteiger partial charge in [0, 0.05) is 11.3 Å². The minimum atomic E-state index is -3.85. The van der Waals surface area contributed by atoms with Crippen molar-refractivity contribution in [3.63, 3.8) is 0 Å². The first kappa shape index (κ1) is 25.6. The molecule has 2 unspecified atom stereocenters. The number of nitrogens with one attached hydrogen (secondary N) is 2. The monoisotopic (exact) mass is 495 g/mol. The number of rotatable bonds is 9. The zero-order valence-electron chi connectivity index (χ0n) is 18.9. The van der Waals surface area contributed by atoms with Gasteiger partial charge < -0.3 is 15.4 Å². The molecular weight excluding hydrogens is 470 g/mol. The highest BCUT2D eigenvalue weighted by atomic mass is 32.2. The molecule has 3 aromatic carbocycles. The molecule has 3 rings (SSSR count). The van der Waals surface area contributed by atoms with E-state index in [4.69, 9.17) is 9.88 Å². The van der Waals surface area contributed by atoms with E-state index in [1.807, 2.05) is 6.07 Å². The zero-order valence-corrected chi connectivity index (χ0v) is 19.7. The van der Waals surface area contributed by atoms with Crippen LogP contribution in [0.2, 0.25) is 0 Å². The predicted molar refractivity (Wildman–Crippen MR) is 130 cm³/mol. The van der Waals surface area contributed by atoms with Crippen LogP contribution >= 0.6 is 0 Å². The van der Waals surface area contributed by atoms with Gasteiger partial charge in [-0.15, -0.1) is 0 Å². The topological polar surface area (TPSA) is 145 Å². The van der Waals surface area contributed by atoms with Crippen LogP contribution in [0.15, 0.2) is 89.8 Å². The van der Waals surface area contributed by atoms with Gasteiger partial charge in [0.1, 0.15) is 0 Å². The van der Waals surface area contributed by atoms with Crippen LogP contribution in [-0.2, 0) is 24.3 Å². The number of carbonyl (C=O) groups excluding carboxylic acids is 3. The molecule has 35 heavy (non-hydrogen) atoms.